The van der Waals surface area contributed by atoms with E-state index in [2.05, 4.69) is 21.1 Å². The maximum Gasteiger partial charge on any atom is 0.253 e. The lowest BCUT2D eigenvalue weighted by Gasteiger charge is -2.14. The van der Waals surface area contributed by atoms with Crippen LogP contribution >= 0.6 is 0 Å². The number of aryl methyl sites for hydroxylation is 1. The highest BCUT2D eigenvalue weighted by Gasteiger charge is 2.18. The van der Waals surface area contributed by atoms with E-state index in [0.29, 0.717) is 29.4 Å². The summed E-state index contributed by atoms with van der Waals surface area (Å²) in [6, 6.07) is 8.69. The molecule has 1 aliphatic heterocycles. The predicted octanol–water partition coefficient (Wildman–Crippen LogP) is 1.94. The number of hydrogen-bond donors (Lipinski definition) is 3. The molecule has 0 aliphatic carbocycles. The normalized spacial score (nSPS) is 16.3. The second-order valence-corrected chi connectivity index (χ2v) is 6.12. The van der Waals surface area contributed by atoms with Crippen molar-refractivity contribution < 1.29 is 18.8 Å². The Labute approximate surface area is 151 Å². The smallest absolute Gasteiger partial charge is 0.253 e. The molecule has 1 atom stereocenters. The Morgan fingerprint density at radius 2 is 2.15 bits per heavy atom. The third-order valence-electron chi connectivity index (χ3n) is 4.02. The van der Waals surface area contributed by atoms with Crippen LogP contribution in [0.1, 0.15) is 29.0 Å². The minimum Gasteiger partial charge on any atom is -0.376 e. The standard InChI is InChI=1S/C18H22N4O4/c1-12-9-16(22-26-12)21-17(23)11-19-15-7-3-2-6-14(15)18(24)20-10-13-5-4-8-25-13/h2-3,6-7,9,13,19H,4-5,8,10-11H2,1H3,(H,20,24)(H,21,22,23)/t13-/m1/s1. The lowest BCUT2D eigenvalue weighted by atomic mass is 10.1. The maximum atomic E-state index is 12.4. The monoisotopic (exact) mass is 358 g/mol. The van der Waals surface area contributed by atoms with Crippen molar-refractivity contribution in [2.45, 2.75) is 25.9 Å². The van der Waals surface area contributed by atoms with Gasteiger partial charge in [0.05, 0.1) is 18.2 Å². The molecule has 0 saturated carbocycles. The summed E-state index contributed by atoms with van der Waals surface area (Å²) in [5.74, 6) is 0.488. The van der Waals surface area contributed by atoms with Gasteiger partial charge < -0.3 is 25.2 Å². The molecule has 1 fully saturated rings. The first kappa shape index (κ1) is 17.9. The number of amides is 2. The maximum absolute atomic E-state index is 12.4. The van der Waals surface area contributed by atoms with Crippen LogP contribution in [0.3, 0.4) is 0 Å². The number of hydrogen-bond acceptors (Lipinski definition) is 6. The second-order valence-electron chi connectivity index (χ2n) is 6.12. The molecule has 3 N–H and O–H groups in total. The lowest BCUT2D eigenvalue weighted by molar-refractivity contribution is -0.114. The number of carbonyl (C=O) groups is 2. The number of aromatic nitrogens is 1. The Balaban J connectivity index is 1.54. The van der Waals surface area contributed by atoms with Gasteiger partial charge in [-0.15, -0.1) is 0 Å². The fourth-order valence-electron chi connectivity index (χ4n) is 2.73. The van der Waals surface area contributed by atoms with Crippen molar-refractivity contribution in [1.29, 1.82) is 0 Å². The SMILES string of the molecule is Cc1cc(NC(=O)CNc2ccccc2C(=O)NC[C@H]2CCCO2)no1. The van der Waals surface area contributed by atoms with Gasteiger partial charge in [0.2, 0.25) is 5.91 Å². The van der Waals surface area contributed by atoms with Gasteiger partial charge in [0.1, 0.15) is 5.76 Å². The zero-order valence-electron chi connectivity index (χ0n) is 14.6. The Kier molecular flexibility index (Phi) is 5.85. The van der Waals surface area contributed by atoms with Gasteiger partial charge in [-0.1, -0.05) is 17.3 Å². The van der Waals surface area contributed by atoms with Crippen LogP contribution in [0.4, 0.5) is 11.5 Å². The second kappa shape index (κ2) is 8.48. The third kappa shape index (κ3) is 4.82. The lowest BCUT2D eigenvalue weighted by Crippen LogP contribution is -2.32. The van der Waals surface area contributed by atoms with Crippen molar-refractivity contribution in [1.82, 2.24) is 10.5 Å². The molecular weight excluding hydrogens is 336 g/mol. The molecule has 0 unspecified atom stereocenters. The van der Waals surface area contributed by atoms with E-state index in [1.54, 1.807) is 37.3 Å². The zero-order chi connectivity index (χ0) is 18.4. The molecule has 2 aromatic rings. The van der Waals surface area contributed by atoms with E-state index < -0.39 is 0 Å². The van der Waals surface area contributed by atoms with Crippen molar-refractivity contribution in [3.63, 3.8) is 0 Å². The third-order valence-corrected chi connectivity index (χ3v) is 4.02. The molecule has 3 rings (SSSR count). The number of anilines is 2. The fraction of sp³-hybridized carbons (Fsp3) is 0.389. The molecule has 0 radical (unpaired) electrons. The topological polar surface area (TPSA) is 105 Å². The first-order chi connectivity index (χ1) is 12.6. The number of nitrogens with zero attached hydrogens (tertiary/aromatic N) is 1. The van der Waals surface area contributed by atoms with Crippen molar-refractivity contribution >= 4 is 23.3 Å². The Morgan fingerprint density at radius 1 is 1.31 bits per heavy atom. The average molecular weight is 358 g/mol. The van der Waals surface area contributed by atoms with Crippen LogP contribution in [0.5, 0.6) is 0 Å². The molecule has 0 spiro atoms. The van der Waals surface area contributed by atoms with Gasteiger partial charge in [0, 0.05) is 24.9 Å². The van der Waals surface area contributed by atoms with Gasteiger partial charge in [-0.3, -0.25) is 9.59 Å². The number of benzene rings is 1. The van der Waals surface area contributed by atoms with Gasteiger partial charge >= 0.3 is 0 Å². The van der Waals surface area contributed by atoms with E-state index in [-0.39, 0.29) is 24.5 Å². The van der Waals surface area contributed by atoms with Gasteiger partial charge in [0.25, 0.3) is 5.91 Å². The molecule has 26 heavy (non-hydrogen) atoms. The van der Waals surface area contributed by atoms with E-state index in [1.165, 1.54) is 0 Å². The quantitative estimate of drug-likeness (QED) is 0.698. The minimum atomic E-state index is -0.284. The Morgan fingerprint density at radius 3 is 2.88 bits per heavy atom. The summed E-state index contributed by atoms with van der Waals surface area (Å²) in [4.78, 5) is 24.4. The van der Waals surface area contributed by atoms with E-state index in [9.17, 15) is 9.59 Å². The molecule has 1 aliphatic rings. The molecule has 8 heteroatoms. The molecule has 138 valence electrons. The zero-order valence-corrected chi connectivity index (χ0v) is 14.6. The van der Waals surface area contributed by atoms with Crippen molar-refractivity contribution in [2.75, 3.05) is 30.3 Å². The molecular formula is C18H22N4O4. The summed E-state index contributed by atoms with van der Waals surface area (Å²) >= 11 is 0. The summed E-state index contributed by atoms with van der Waals surface area (Å²) in [6.45, 7) is 2.98. The van der Waals surface area contributed by atoms with Gasteiger partial charge in [-0.05, 0) is 31.9 Å². The van der Waals surface area contributed by atoms with Crippen molar-refractivity contribution in [3.05, 3.63) is 41.7 Å². The number of rotatable bonds is 7. The Bertz CT molecular complexity index is 768. The summed E-state index contributed by atoms with van der Waals surface area (Å²) in [6.07, 6.45) is 2.07. The van der Waals surface area contributed by atoms with E-state index in [0.717, 1.165) is 19.4 Å². The van der Waals surface area contributed by atoms with Gasteiger partial charge in [-0.25, -0.2) is 0 Å². The van der Waals surface area contributed by atoms with Crippen molar-refractivity contribution in [2.24, 2.45) is 0 Å². The number of ether oxygens (including phenoxy) is 1. The Hall–Kier alpha value is -2.87. The summed E-state index contributed by atoms with van der Waals surface area (Å²) in [7, 11) is 0. The van der Waals surface area contributed by atoms with Crippen LogP contribution < -0.4 is 16.0 Å². The van der Waals surface area contributed by atoms with E-state index in [4.69, 9.17) is 9.26 Å². The van der Waals surface area contributed by atoms with Crippen LogP contribution in [-0.4, -0.2) is 42.8 Å². The van der Waals surface area contributed by atoms with Crippen LogP contribution in [0, 0.1) is 6.92 Å². The summed E-state index contributed by atoms with van der Waals surface area (Å²) in [5.41, 5.74) is 1.07. The number of para-hydroxylation sites is 1. The highest BCUT2D eigenvalue weighted by Crippen LogP contribution is 2.16. The predicted molar refractivity (Wildman–Crippen MR) is 96.1 cm³/mol. The van der Waals surface area contributed by atoms with E-state index in [1.807, 2.05) is 0 Å². The fourth-order valence-corrected chi connectivity index (χ4v) is 2.73. The number of nitrogens with one attached hydrogen (secondary N) is 3. The molecule has 1 aromatic carbocycles. The first-order valence-corrected chi connectivity index (χ1v) is 8.57. The van der Waals surface area contributed by atoms with Crippen LogP contribution in [-0.2, 0) is 9.53 Å². The van der Waals surface area contributed by atoms with Gasteiger partial charge in [0.15, 0.2) is 5.82 Å². The molecule has 1 saturated heterocycles. The summed E-state index contributed by atoms with van der Waals surface area (Å²) in [5, 5.41) is 12.2. The molecule has 2 heterocycles. The van der Waals surface area contributed by atoms with Crippen LogP contribution in [0.15, 0.2) is 34.9 Å². The molecule has 0 bridgehead atoms. The number of carbonyl (C=O) groups excluding carboxylic acids is 2. The minimum absolute atomic E-state index is 0.00192. The molecule has 1 aromatic heterocycles. The molecule has 8 nitrogen and oxygen atoms in total. The van der Waals surface area contributed by atoms with Crippen molar-refractivity contribution in [3.8, 4) is 0 Å². The van der Waals surface area contributed by atoms with Crippen LogP contribution in [0.25, 0.3) is 0 Å². The largest absolute Gasteiger partial charge is 0.376 e. The highest BCUT2D eigenvalue weighted by molar-refractivity contribution is 6.00. The van der Waals surface area contributed by atoms with Crippen LogP contribution in [0.2, 0.25) is 0 Å². The highest BCUT2D eigenvalue weighted by atomic mass is 16.5. The molecule has 2 amide bonds. The van der Waals surface area contributed by atoms with Gasteiger partial charge in [-0.2, -0.15) is 0 Å². The summed E-state index contributed by atoms with van der Waals surface area (Å²) < 4.78 is 10.4. The first-order valence-electron chi connectivity index (χ1n) is 8.57. The van der Waals surface area contributed by atoms with E-state index >= 15 is 0 Å². The average Bonchev–Trinajstić information content (AvgIpc) is 3.30.